The second-order valence-electron chi connectivity index (χ2n) is 12.4. The van der Waals surface area contributed by atoms with Crippen molar-refractivity contribution in [1.82, 2.24) is 14.1 Å². The summed E-state index contributed by atoms with van der Waals surface area (Å²) in [6.07, 6.45) is 0. The molecular weight excluding hydrogens is 590 g/mol. The summed E-state index contributed by atoms with van der Waals surface area (Å²) in [6.45, 7) is 0. The Labute approximate surface area is 273 Å². The lowest BCUT2D eigenvalue weighted by Crippen LogP contribution is -1.97. The van der Waals surface area contributed by atoms with Crippen LogP contribution >= 0.6 is 0 Å². The second-order valence-corrected chi connectivity index (χ2v) is 12.4. The third-order valence-corrected chi connectivity index (χ3v) is 9.71. The molecule has 0 saturated carbocycles. The molecule has 0 aliphatic heterocycles. The van der Waals surface area contributed by atoms with E-state index < -0.39 is 0 Å². The van der Waals surface area contributed by atoms with Gasteiger partial charge in [-0.15, -0.1) is 0 Å². The van der Waals surface area contributed by atoms with Crippen molar-refractivity contribution in [1.29, 1.82) is 0 Å². The normalized spacial score (nSPS) is 12.2. The summed E-state index contributed by atoms with van der Waals surface area (Å²) in [4.78, 5) is 5.18. The summed E-state index contributed by atoms with van der Waals surface area (Å²) >= 11 is 0. The fraction of sp³-hybridized carbons (Fsp3) is 0. The Kier molecular flexibility index (Phi) is 5.05. The first-order chi connectivity index (χ1) is 23.8. The molecule has 4 heterocycles. The molecule has 0 spiro atoms. The van der Waals surface area contributed by atoms with Gasteiger partial charge in [-0.1, -0.05) is 91.0 Å². The molecule has 0 aliphatic carbocycles. The molecule has 0 aliphatic rings. The predicted octanol–water partition coefficient (Wildman–Crippen LogP) is 11.6. The van der Waals surface area contributed by atoms with Gasteiger partial charge < -0.3 is 13.4 Å². The van der Waals surface area contributed by atoms with E-state index in [9.17, 15) is 0 Å². The summed E-state index contributed by atoms with van der Waals surface area (Å²) < 4.78 is 17.7. The highest BCUT2D eigenvalue weighted by Gasteiger charge is 2.22. The Morgan fingerprint density at radius 3 is 2.00 bits per heavy atom. The second kappa shape index (κ2) is 9.47. The first-order valence-electron chi connectivity index (χ1n) is 16.1. The van der Waals surface area contributed by atoms with Crippen LogP contribution < -0.4 is 0 Å². The van der Waals surface area contributed by atoms with E-state index >= 15 is 0 Å². The van der Waals surface area contributed by atoms with Crippen molar-refractivity contribution in [2.24, 2.45) is 0 Å². The molecule has 224 valence electrons. The van der Waals surface area contributed by atoms with Gasteiger partial charge in [0.1, 0.15) is 22.6 Å². The molecule has 0 unspecified atom stereocenters. The molecule has 0 fully saturated rings. The van der Waals surface area contributed by atoms with Crippen molar-refractivity contribution in [2.45, 2.75) is 0 Å². The van der Waals surface area contributed by atoms with Gasteiger partial charge in [-0.05, 0) is 54.6 Å². The van der Waals surface area contributed by atoms with Gasteiger partial charge in [0, 0.05) is 55.3 Å². The molecule has 0 radical (unpaired) electrons. The van der Waals surface area contributed by atoms with E-state index in [0.717, 1.165) is 94.1 Å². The zero-order chi connectivity index (χ0) is 31.3. The summed E-state index contributed by atoms with van der Waals surface area (Å²) in [5, 5.41) is 6.66. The van der Waals surface area contributed by atoms with E-state index in [2.05, 4.69) is 137 Å². The van der Waals surface area contributed by atoms with E-state index in [1.165, 1.54) is 5.39 Å². The molecule has 11 aromatic rings. The molecule has 0 amide bonds. The molecule has 11 rings (SSSR count). The number of hydrogen-bond donors (Lipinski definition) is 0. The maximum atomic E-state index is 6.88. The van der Waals surface area contributed by atoms with E-state index in [1.807, 2.05) is 24.3 Å². The van der Waals surface area contributed by atoms with Crippen LogP contribution in [0.4, 0.5) is 0 Å². The van der Waals surface area contributed by atoms with Crippen molar-refractivity contribution >= 4 is 76.7 Å². The molecule has 5 heteroatoms. The predicted molar refractivity (Wildman–Crippen MR) is 195 cm³/mol. The SMILES string of the molecule is c1ccc(-c2nc3cc4oc5c(ccc6c7ccccc7n(-c7ccc8oc9ccccc9c8c7)c65)c4cc3n2-c2ccccc2)cc1. The number of benzene rings is 7. The van der Waals surface area contributed by atoms with Crippen LogP contribution in [0.1, 0.15) is 0 Å². The Morgan fingerprint density at radius 1 is 0.417 bits per heavy atom. The van der Waals surface area contributed by atoms with Crippen LogP contribution in [0.25, 0.3) is 99.5 Å². The minimum Gasteiger partial charge on any atom is -0.456 e. The largest absolute Gasteiger partial charge is 0.456 e. The van der Waals surface area contributed by atoms with Gasteiger partial charge >= 0.3 is 0 Å². The first-order valence-corrected chi connectivity index (χ1v) is 16.1. The molecule has 48 heavy (non-hydrogen) atoms. The van der Waals surface area contributed by atoms with Crippen LogP contribution in [0.5, 0.6) is 0 Å². The Hall–Kier alpha value is -6.59. The average molecular weight is 616 g/mol. The van der Waals surface area contributed by atoms with Gasteiger partial charge in [-0.2, -0.15) is 0 Å². The highest BCUT2D eigenvalue weighted by molar-refractivity contribution is 6.22. The Morgan fingerprint density at radius 2 is 1.12 bits per heavy atom. The number of imidazole rings is 1. The van der Waals surface area contributed by atoms with Gasteiger partial charge in [0.2, 0.25) is 0 Å². The monoisotopic (exact) mass is 615 g/mol. The van der Waals surface area contributed by atoms with Crippen LogP contribution in [0.2, 0.25) is 0 Å². The van der Waals surface area contributed by atoms with Crippen molar-refractivity contribution in [2.75, 3.05) is 0 Å². The minimum atomic E-state index is 0.815. The lowest BCUT2D eigenvalue weighted by Gasteiger charge is -2.09. The van der Waals surface area contributed by atoms with E-state index in [-0.39, 0.29) is 0 Å². The van der Waals surface area contributed by atoms with Gasteiger partial charge in [0.15, 0.2) is 5.58 Å². The number of rotatable bonds is 3. The van der Waals surface area contributed by atoms with Crippen LogP contribution in [0.15, 0.2) is 160 Å². The lowest BCUT2D eigenvalue weighted by molar-refractivity contribution is 0.669. The smallest absolute Gasteiger partial charge is 0.160 e. The highest BCUT2D eigenvalue weighted by atomic mass is 16.3. The summed E-state index contributed by atoms with van der Waals surface area (Å²) in [7, 11) is 0. The molecule has 0 saturated heterocycles. The number of hydrogen-bond acceptors (Lipinski definition) is 3. The standard InChI is InChI=1S/C43H25N3O2/c1-3-11-26(12-4-1)43-44-35-25-40-34(24-37(35)46(43)27-13-5-2-6-14-27)32-21-20-31-29-15-7-9-17-36(29)45(41(31)42(32)48-40)28-19-22-39-33(23-28)30-16-8-10-18-38(30)47-39/h1-25H. The fourth-order valence-electron chi connectivity index (χ4n) is 7.59. The molecule has 0 N–H and O–H groups in total. The topological polar surface area (TPSA) is 49.0 Å². The van der Waals surface area contributed by atoms with Crippen LogP contribution in [-0.4, -0.2) is 14.1 Å². The quantitative estimate of drug-likeness (QED) is 0.199. The first kappa shape index (κ1) is 25.6. The molecule has 0 atom stereocenters. The summed E-state index contributed by atoms with van der Waals surface area (Å²) in [6, 6.07) is 52.9. The van der Waals surface area contributed by atoms with Gasteiger partial charge in [-0.3, -0.25) is 4.57 Å². The zero-order valence-electron chi connectivity index (χ0n) is 25.6. The highest BCUT2D eigenvalue weighted by Crippen LogP contribution is 2.42. The minimum absolute atomic E-state index is 0.815. The number of para-hydroxylation sites is 3. The summed E-state index contributed by atoms with van der Waals surface area (Å²) in [5.74, 6) is 0.901. The van der Waals surface area contributed by atoms with Crippen LogP contribution in [0.3, 0.4) is 0 Å². The third kappa shape index (κ3) is 3.47. The van der Waals surface area contributed by atoms with Gasteiger partial charge in [0.05, 0.1) is 22.1 Å². The number of nitrogens with zero attached hydrogens (tertiary/aromatic N) is 3. The maximum Gasteiger partial charge on any atom is 0.160 e. The molecule has 4 aromatic heterocycles. The van der Waals surface area contributed by atoms with Crippen LogP contribution in [-0.2, 0) is 0 Å². The van der Waals surface area contributed by atoms with Crippen molar-refractivity contribution < 1.29 is 8.83 Å². The average Bonchev–Trinajstić information content (AvgIpc) is 3.89. The van der Waals surface area contributed by atoms with Crippen molar-refractivity contribution in [3.63, 3.8) is 0 Å². The third-order valence-electron chi connectivity index (χ3n) is 9.71. The lowest BCUT2D eigenvalue weighted by atomic mass is 10.1. The number of aromatic nitrogens is 3. The number of furan rings is 2. The Bertz CT molecular complexity index is 3050. The molecular formula is C43H25N3O2. The van der Waals surface area contributed by atoms with E-state index in [0.29, 0.717) is 0 Å². The van der Waals surface area contributed by atoms with Gasteiger partial charge in [0.25, 0.3) is 0 Å². The Balaban J connectivity index is 1.23. The fourth-order valence-corrected chi connectivity index (χ4v) is 7.59. The maximum absolute atomic E-state index is 6.88. The van der Waals surface area contributed by atoms with Gasteiger partial charge in [-0.25, -0.2) is 4.98 Å². The molecule has 7 aromatic carbocycles. The van der Waals surface area contributed by atoms with Crippen molar-refractivity contribution in [3.05, 3.63) is 152 Å². The molecule has 0 bridgehead atoms. The van der Waals surface area contributed by atoms with E-state index in [1.54, 1.807) is 0 Å². The van der Waals surface area contributed by atoms with Crippen LogP contribution in [0, 0.1) is 0 Å². The van der Waals surface area contributed by atoms with E-state index in [4.69, 9.17) is 13.8 Å². The van der Waals surface area contributed by atoms with Crippen molar-refractivity contribution in [3.8, 4) is 22.8 Å². The zero-order valence-corrected chi connectivity index (χ0v) is 25.6. The molecule has 5 nitrogen and oxygen atoms in total. The number of fused-ring (bicyclic) bond motifs is 11. The summed E-state index contributed by atoms with van der Waals surface area (Å²) in [5.41, 5.74) is 10.7.